The molecule has 4 heteroatoms. The smallest absolute Gasteiger partial charge is 0.136 e. The molecule has 0 spiro atoms. The molecule has 0 aromatic carbocycles. The third kappa shape index (κ3) is 2.02. The second kappa shape index (κ2) is 4.71. The number of aliphatic hydroxyl groups excluding tert-OH is 1. The molecule has 1 saturated heterocycles. The number of hydrogen-bond acceptors (Lipinski definition) is 3. The zero-order valence-electron chi connectivity index (χ0n) is 10.7. The van der Waals surface area contributed by atoms with Crippen LogP contribution in [0.2, 0.25) is 0 Å². The van der Waals surface area contributed by atoms with E-state index < -0.39 is 0 Å². The number of fused-ring (bicyclic) bond motifs is 1. The van der Waals surface area contributed by atoms with Crippen LogP contribution in [-0.4, -0.2) is 38.6 Å². The van der Waals surface area contributed by atoms with E-state index in [1.165, 1.54) is 17.7 Å². The Kier molecular flexibility index (Phi) is 3.06. The summed E-state index contributed by atoms with van der Waals surface area (Å²) in [6, 6.07) is 4.45. The molecule has 1 aliphatic rings. The second-order valence-corrected chi connectivity index (χ2v) is 5.13. The molecule has 1 atom stereocenters. The van der Waals surface area contributed by atoms with E-state index in [0.29, 0.717) is 6.04 Å². The van der Waals surface area contributed by atoms with E-state index in [1.54, 1.807) is 0 Å². The highest BCUT2D eigenvalue weighted by molar-refractivity contribution is 5.41. The summed E-state index contributed by atoms with van der Waals surface area (Å²) < 4.78 is 2.15. The van der Waals surface area contributed by atoms with E-state index in [2.05, 4.69) is 33.5 Å². The highest BCUT2D eigenvalue weighted by Gasteiger charge is 2.24. The number of rotatable bonds is 3. The van der Waals surface area contributed by atoms with E-state index in [-0.39, 0.29) is 6.61 Å². The lowest BCUT2D eigenvalue weighted by Crippen LogP contribution is -2.32. The summed E-state index contributed by atoms with van der Waals surface area (Å²) in [4.78, 5) is 6.78. The Hall–Kier alpha value is -1.39. The van der Waals surface area contributed by atoms with Crippen molar-refractivity contribution >= 4 is 5.65 Å². The molecular formula is C14H19N3O. The van der Waals surface area contributed by atoms with Crippen molar-refractivity contribution in [2.24, 2.45) is 0 Å². The van der Waals surface area contributed by atoms with Gasteiger partial charge in [0.2, 0.25) is 0 Å². The van der Waals surface area contributed by atoms with Gasteiger partial charge in [0, 0.05) is 18.8 Å². The van der Waals surface area contributed by atoms with Crippen LogP contribution in [0.15, 0.2) is 24.5 Å². The van der Waals surface area contributed by atoms with Crippen molar-refractivity contribution in [2.45, 2.75) is 32.4 Å². The zero-order valence-corrected chi connectivity index (χ0v) is 10.7. The first-order chi connectivity index (χ1) is 8.78. The monoisotopic (exact) mass is 245 g/mol. The van der Waals surface area contributed by atoms with Crippen molar-refractivity contribution in [3.05, 3.63) is 35.8 Å². The fraction of sp³-hybridized carbons (Fsp3) is 0.500. The minimum Gasteiger partial charge on any atom is -0.395 e. The van der Waals surface area contributed by atoms with Crippen molar-refractivity contribution in [3.8, 4) is 0 Å². The Bertz CT molecular complexity index is 549. The Morgan fingerprint density at radius 2 is 2.33 bits per heavy atom. The average molecular weight is 245 g/mol. The lowest BCUT2D eigenvalue weighted by Gasteiger charge is -2.22. The third-order valence-corrected chi connectivity index (χ3v) is 3.81. The number of imidazole rings is 1. The normalized spacial score (nSPS) is 20.9. The maximum absolute atomic E-state index is 9.36. The zero-order chi connectivity index (χ0) is 12.5. The SMILES string of the molecule is Cc1ccc2ncc(CN3CCC[C@@H]3CO)n2c1. The number of likely N-dealkylation sites (tertiary alicyclic amines) is 1. The standard InChI is InChI=1S/C14H19N3O/c1-11-4-5-14-15-7-13(17(14)8-11)9-16-6-2-3-12(16)10-18/h4-5,7-8,12,18H,2-3,6,9-10H2,1H3/t12-/m1/s1. The topological polar surface area (TPSA) is 40.8 Å². The van der Waals surface area contributed by atoms with Gasteiger partial charge in [0.1, 0.15) is 5.65 Å². The van der Waals surface area contributed by atoms with Gasteiger partial charge in [-0.3, -0.25) is 4.90 Å². The van der Waals surface area contributed by atoms with Crippen LogP contribution in [0.25, 0.3) is 5.65 Å². The van der Waals surface area contributed by atoms with Crippen molar-refractivity contribution in [1.29, 1.82) is 0 Å². The fourth-order valence-electron chi connectivity index (χ4n) is 2.77. The van der Waals surface area contributed by atoms with Crippen molar-refractivity contribution < 1.29 is 5.11 Å². The molecule has 0 aliphatic carbocycles. The minimum absolute atomic E-state index is 0.260. The summed E-state index contributed by atoms with van der Waals surface area (Å²) in [5, 5.41) is 9.36. The van der Waals surface area contributed by atoms with Crippen LogP contribution in [-0.2, 0) is 6.54 Å². The summed E-state index contributed by atoms with van der Waals surface area (Å²) in [7, 11) is 0. The van der Waals surface area contributed by atoms with E-state index >= 15 is 0 Å². The minimum atomic E-state index is 0.260. The number of aliphatic hydroxyl groups is 1. The molecule has 1 fully saturated rings. The molecular weight excluding hydrogens is 226 g/mol. The Labute approximate surface area is 107 Å². The molecule has 96 valence electrons. The summed E-state index contributed by atoms with van der Waals surface area (Å²) in [5.41, 5.74) is 3.44. The molecule has 2 aromatic heterocycles. The lowest BCUT2D eigenvalue weighted by molar-refractivity contribution is 0.152. The number of pyridine rings is 1. The maximum Gasteiger partial charge on any atom is 0.136 e. The Balaban J connectivity index is 1.88. The molecule has 0 amide bonds. The van der Waals surface area contributed by atoms with Crippen LogP contribution in [0.4, 0.5) is 0 Å². The van der Waals surface area contributed by atoms with Gasteiger partial charge in [0.15, 0.2) is 0 Å². The van der Waals surface area contributed by atoms with Crippen molar-refractivity contribution in [2.75, 3.05) is 13.2 Å². The lowest BCUT2D eigenvalue weighted by atomic mass is 10.2. The molecule has 0 radical (unpaired) electrons. The van der Waals surface area contributed by atoms with Gasteiger partial charge in [0.05, 0.1) is 18.5 Å². The summed E-state index contributed by atoms with van der Waals surface area (Å²) >= 11 is 0. The summed E-state index contributed by atoms with van der Waals surface area (Å²) in [6.45, 7) is 4.30. The van der Waals surface area contributed by atoms with Crippen LogP contribution in [0.3, 0.4) is 0 Å². The number of aromatic nitrogens is 2. The largest absolute Gasteiger partial charge is 0.395 e. The molecule has 2 aromatic rings. The first-order valence-electron chi connectivity index (χ1n) is 6.55. The Morgan fingerprint density at radius 1 is 1.44 bits per heavy atom. The van der Waals surface area contributed by atoms with Crippen LogP contribution >= 0.6 is 0 Å². The van der Waals surface area contributed by atoms with Crippen LogP contribution in [0.5, 0.6) is 0 Å². The quantitative estimate of drug-likeness (QED) is 0.893. The molecule has 3 rings (SSSR count). The molecule has 0 saturated carbocycles. The first kappa shape index (κ1) is 11.7. The molecule has 4 nitrogen and oxygen atoms in total. The van der Waals surface area contributed by atoms with Crippen molar-refractivity contribution in [3.63, 3.8) is 0 Å². The summed E-state index contributed by atoms with van der Waals surface area (Å²) in [5.74, 6) is 0. The van der Waals surface area contributed by atoms with E-state index in [1.807, 2.05) is 12.3 Å². The summed E-state index contributed by atoms with van der Waals surface area (Å²) in [6.07, 6.45) is 6.36. The molecule has 3 heterocycles. The molecule has 0 bridgehead atoms. The van der Waals surface area contributed by atoms with E-state index in [9.17, 15) is 5.11 Å². The highest BCUT2D eigenvalue weighted by atomic mass is 16.3. The number of nitrogens with zero attached hydrogens (tertiary/aromatic N) is 3. The number of hydrogen-bond donors (Lipinski definition) is 1. The second-order valence-electron chi connectivity index (χ2n) is 5.13. The first-order valence-corrected chi connectivity index (χ1v) is 6.55. The predicted molar refractivity (Wildman–Crippen MR) is 70.4 cm³/mol. The maximum atomic E-state index is 9.36. The van der Waals surface area contributed by atoms with Gasteiger partial charge in [-0.1, -0.05) is 6.07 Å². The van der Waals surface area contributed by atoms with Crippen LogP contribution in [0, 0.1) is 6.92 Å². The third-order valence-electron chi connectivity index (χ3n) is 3.81. The van der Waals surface area contributed by atoms with Gasteiger partial charge in [-0.15, -0.1) is 0 Å². The van der Waals surface area contributed by atoms with Crippen molar-refractivity contribution in [1.82, 2.24) is 14.3 Å². The molecule has 0 unspecified atom stereocenters. The van der Waals surface area contributed by atoms with Crippen LogP contribution in [0.1, 0.15) is 24.1 Å². The van der Waals surface area contributed by atoms with Gasteiger partial charge >= 0.3 is 0 Å². The fourth-order valence-corrected chi connectivity index (χ4v) is 2.77. The van der Waals surface area contributed by atoms with Crippen LogP contribution < -0.4 is 0 Å². The highest BCUT2D eigenvalue weighted by Crippen LogP contribution is 2.20. The average Bonchev–Trinajstić information content (AvgIpc) is 2.97. The van der Waals surface area contributed by atoms with E-state index in [4.69, 9.17) is 0 Å². The van der Waals surface area contributed by atoms with Gasteiger partial charge < -0.3 is 9.51 Å². The predicted octanol–water partition coefficient (Wildman–Crippen LogP) is 1.60. The van der Waals surface area contributed by atoms with Gasteiger partial charge in [0.25, 0.3) is 0 Å². The Morgan fingerprint density at radius 3 is 3.17 bits per heavy atom. The van der Waals surface area contributed by atoms with E-state index in [0.717, 1.165) is 25.2 Å². The van der Waals surface area contributed by atoms with Gasteiger partial charge in [-0.25, -0.2) is 4.98 Å². The van der Waals surface area contributed by atoms with Gasteiger partial charge in [-0.05, 0) is 37.9 Å². The number of aryl methyl sites for hydroxylation is 1. The molecule has 1 N–H and O–H groups in total. The molecule has 18 heavy (non-hydrogen) atoms. The van der Waals surface area contributed by atoms with Gasteiger partial charge in [-0.2, -0.15) is 0 Å². The molecule has 1 aliphatic heterocycles.